The molecule has 3 N–H and O–H groups in total. The summed E-state index contributed by atoms with van der Waals surface area (Å²) in [7, 11) is 0. The highest BCUT2D eigenvalue weighted by Crippen LogP contribution is 2.20. The van der Waals surface area contributed by atoms with E-state index in [1.54, 1.807) is 13.0 Å². The Morgan fingerprint density at radius 2 is 2.24 bits per heavy atom. The van der Waals surface area contributed by atoms with Gasteiger partial charge in [-0.15, -0.1) is 0 Å². The third kappa shape index (κ3) is 3.71. The minimum Gasteiger partial charge on any atom is -0.505 e. The number of likely N-dealkylation sites (N-methyl/N-ethyl adjacent to an activating group) is 1. The number of amides is 1. The lowest BCUT2D eigenvalue weighted by atomic mass is 10.2. The third-order valence-corrected chi connectivity index (χ3v) is 2.41. The standard InChI is InChI=1S/C12H17FN2O2/c1-3-14-12(17)8(2)15-7-9-5-4-6-10(13)11(9)16/h4-6,8,15-16H,3,7H2,1-2H3,(H,14,17). The Morgan fingerprint density at radius 1 is 1.53 bits per heavy atom. The van der Waals surface area contributed by atoms with Gasteiger partial charge in [-0.1, -0.05) is 12.1 Å². The Bertz CT molecular complexity index is 396. The fourth-order valence-corrected chi connectivity index (χ4v) is 1.39. The van der Waals surface area contributed by atoms with Crippen LogP contribution in [0.15, 0.2) is 18.2 Å². The van der Waals surface area contributed by atoms with Gasteiger partial charge in [-0.2, -0.15) is 0 Å². The van der Waals surface area contributed by atoms with E-state index in [9.17, 15) is 14.3 Å². The van der Waals surface area contributed by atoms with Gasteiger partial charge in [0.05, 0.1) is 6.04 Å². The number of hydrogen-bond acceptors (Lipinski definition) is 3. The molecule has 94 valence electrons. The molecule has 0 spiro atoms. The fraction of sp³-hybridized carbons (Fsp3) is 0.417. The average molecular weight is 240 g/mol. The first-order chi connectivity index (χ1) is 8.06. The van der Waals surface area contributed by atoms with Gasteiger partial charge in [-0.3, -0.25) is 4.79 Å². The smallest absolute Gasteiger partial charge is 0.236 e. The van der Waals surface area contributed by atoms with Gasteiger partial charge in [0, 0.05) is 18.7 Å². The molecule has 0 aliphatic rings. The van der Waals surface area contributed by atoms with E-state index in [1.165, 1.54) is 12.1 Å². The van der Waals surface area contributed by atoms with Crippen LogP contribution in [0.1, 0.15) is 19.4 Å². The molecule has 1 amide bonds. The zero-order valence-electron chi connectivity index (χ0n) is 9.96. The molecular formula is C12H17FN2O2. The summed E-state index contributed by atoms with van der Waals surface area (Å²) in [4.78, 5) is 11.4. The first-order valence-electron chi connectivity index (χ1n) is 5.53. The molecule has 1 aromatic rings. The van der Waals surface area contributed by atoms with Crippen LogP contribution >= 0.6 is 0 Å². The summed E-state index contributed by atoms with van der Waals surface area (Å²) in [6.07, 6.45) is 0. The van der Waals surface area contributed by atoms with Crippen molar-refractivity contribution in [1.82, 2.24) is 10.6 Å². The van der Waals surface area contributed by atoms with Gasteiger partial charge in [-0.05, 0) is 19.9 Å². The van der Waals surface area contributed by atoms with Crippen LogP contribution in [-0.4, -0.2) is 23.6 Å². The van der Waals surface area contributed by atoms with Crippen LogP contribution in [0.2, 0.25) is 0 Å². The zero-order chi connectivity index (χ0) is 12.8. The van der Waals surface area contributed by atoms with Gasteiger partial charge in [-0.25, -0.2) is 4.39 Å². The van der Waals surface area contributed by atoms with Crippen LogP contribution in [0.5, 0.6) is 5.75 Å². The predicted octanol–water partition coefficient (Wildman–Crippen LogP) is 1.15. The van der Waals surface area contributed by atoms with E-state index in [1.807, 2.05) is 6.92 Å². The largest absolute Gasteiger partial charge is 0.505 e. The number of benzene rings is 1. The summed E-state index contributed by atoms with van der Waals surface area (Å²) in [5.74, 6) is -1.15. The SMILES string of the molecule is CCNC(=O)C(C)NCc1cccc(F)c1O. The molecule has 1 atom stereocenters. The molecule has 0 saturated carbocycles. The minimum atomic E-state index is -0.657. The van der Waals surface area contributed by atoms with Gasteiger partial charge < -0.3 is 15.7 Å². The van der Waals surface area contributed by atoms with Crippen molar-refractivity contribution in [1.29, 1.82) is 0 Å². The molecule has 0 fully saturated rings. The number of para-hydroxylation sites is 1. The van der Waals surface area contributed by atoms with Crippen molar-refractivity contribution in [2.45, 2.75) is 26.4 Å². The zero-order valence-corrected chi connectivity index (χ0v) is 9.96. The van der Waals surface area contributed by atoms with Crippen molar-refractivity contribution in [3.8, 4) is 5.75 Å². The molecule has 0 radical (unpaired) electrons. The number of carbonyl (C=O) groups is 1. The summed E-state index contributed by atoms with van der Waals surface area (Å²) in [6.45, 7) is 4.35. The van der Waals surface area contributed by atoms with Gasteiger partial charge in [0.2, 0.25) is 5.91 Å². The highest BCUT2D eigenvalue weighted by atomic mass is 19.1. The number of carbonyl (C=O) groups excluding carboxylic acids is 1. The highest BCUT2D eigenvalue weighted by molar-refractivity contribution is 5.81. The van der Waals surface area contributed by atoms with E-state index in [4.69, 9.17) is 0 Å². The van der Waals surface area contributed by atoms with Crippen molar-refractivity contribution in [3.05, 3.63) is 29.6 Å². The molecule has 1 aromatic carbocycles. The van der Waals surface area contributed by atoms with Crippen molar-refractivity contribution < 1.29 is 14.3 Å². The molecular weight excluding hydrogens is 223 g/mol. The molecule has 0 aliphatic carbocycles. The van der Waals surface area contributed by atoms with Crippen LogP contribution in [-0.2, 0) is 11.3 Å². The second-order valence-electron chi connectivity index (χ2n) is 3.74. The molecule has 0 aromatic heterocycles. The first kappa shape index (κ1) is 13.4. The van der Waals surface area contributed by atoms with Crippen LogP contribution in [0.3, 0.4) is 0 Å². The maximum atomic E-state index is 13.0. The number of nitrogens with one attached hydrogen (secondary N) is 2. The van der Waals surface area contributed by atoms with Gasteiger partial charge >= 0.3 is 0 Å². The Hall–Kier alpha value is -1.62. The molecule has 5 heteroatoms. The maximum Gasteiger partial charge on any atom is 0.236 e. The summed E-state index contributed by atoms with van der Waals surface area (Å²) in [6, 6.07) is 3.92. The summed E-state index contributed by atoms with van der Waals surface area (Å²) >= 11 is 0. The Morgan fingerprint density at radius 3 is 2.88 bits per heavy atom. The van der Waals surface area contributed by atoms with Crippen molar-refractivity contribution in [3.63, 3.8) is 0 Å². The van der Waals surface area contributed by atoms with Gasteiger partial charge in [0.15, 0.2) is 11.6 Å². The number of rotatable bonds is 5. The second-order valence-corrected chi connectivity index (χ2v) is 3.74. The number of phenols is 1. The molecule has 4 nitrogen and oxygen atoms in total. The highest BCUT2D eigenvalue weighted by Gasteiger charge is 2.12. The average Bonchev–Trinajstić information content (AvgIpc) is 2.31. The molecule has 17 heavy (non-hydrogen) atoms. The van der Waals surface area contributed by atoms with Crippen molar-refractivity contribution in [2.24, 2.45) is 0 Å². The molecule has 0 bridgehead atoms. The number of hydrogen-bond donors (Lipinski definition) is 3. The van der Waals surface area contributed by atoms with Crippen molar-refractivity contribution >= 4 is 5.91 Å². The van der Waals surface area contributed by atoms with Crippen LogP contribution in [0, 0.1) is 5.82 Å². The minimum absolute atomic E-state index is 0.122. The molecule has 0 heterocycles. The van der Waals surface area contributed by atoms with Gasteiger partial charge in [0.25, 0.3) is 0 Å². The first-order valence-corrected chi connectivity index (χ1v) is 5.53. The lowest BCUT2D eigenvalue weighted by Crippen LogP contribution is -2.41. The number of halogens is 1. The predicted molar refractivity (Wildman–Crippen MR) is 63.1 cm³/mol. The van der Waals surface area contributed by atoms with E-state index in [-0.39, 0.29) is 18.2 Å². The summed E-state index contributed by atoms with van der Waals surface area (Å²) < 4.78 is 13.0. The Kier molecular flexibility index (Phi) is 4.90. The van der Waals surface area contributed by atoms with E-state index in [2.05, 4.69) is 10.6 Å². The lowest BCUT2D eigenvalue weighted by molar-refractivity contribution is -0.122. The van der Waals surface area contributed by atoms with Crippen LogP contribution in [0.25, 0.3) is 0 Å². The number of phenolic OH excluding ortho intramolecular Hbond substituents is 1. The second kappa shape index (κ2) is 6.20. The van der Waals surface area contributed by atoms with Crippen LogP contribution < -0.4 is 10.6 Å². The monoisotopic (exact) mass is 240 g/mol. The molecule has 1 rings (SSSR count). The van der Waals surface area contributed by atoms with E-state index < -0.39 is 11.9 Å². The fourth-order valence-electron chi connectivity index (χ4n) is 1.39. The quantitative estimate of drug-likeness (QED) is 0.723. The summed E-state index contributed by atoms with van der Waals surface area (Å²) in [5, 5.41) is 15.0. The topological polar surface area (TPSA) is 61.4 Å². The summed E-state index contributed by atoms with van der Waals surface area (Å²) in [5.41, 5.74) is 0.432. The molecule has 0 saturated heterocycles. The Labute approximate surface area is 99.8 Å². The van der Waals surface area contributed by atoms with Crippen LogP contribution in [0.4, 0.5) is 4.39 Å². The van der Waals surface area contributed by atoms with E-state index in [0.717, 1.165) is 0 Å². The normalized spacial score (nSPS) is 12.2. The molecule has 1 unspecified atom stereocenters. The number of aromatic hydroxyl groups is 1. The van der Waals surface area contributed by atoms with E-state index >= 15 is 0 Å². The van der Waals surface area contributed by atoms with Crippen molar-refractivity contribution in [2.75, 3.05) is 6.54 Å². The molecule has 0 aliphatic heterocycles. The third-order valence-electron chi connectivity index (χ3n) is 2.41. The Balaban J connectivity index is 2.56. The van der Waals surface area contributed by atoms with Gasteiger partial charge in [0.1, 0.15) is 0 Å². The maximum absolute atomic E-state index is 13.0. The lowest BCUT2D eigenvalue weighted by Gasteiger charge is -2.13. The van der Waals surface area contributed by atoms with E-state index in [0.29, 0.717) is 12.1 Å².